The van der Waals surface area contributed by atoms with E-state index in [9.17, 15) is 14.7 Å². The molecule has 2 heterocycles. The second kappa shape index (κ2) is 5.73. The van der Waals surface area contributed by atoms with Crippen LogP contribution >= 0.6 is 0 Å². The number of benzene rings is 1. The minimum Gasteiger partial charge on any atom is -0.480 e. The fourth-order valence-electron chi connectivity index (χ4n) is 2.91. The van der Waals surface area contributed by atoms with Gasteiger partial charge in [0.25, 0.3) is 0 Å². The van der Waals surface area contributed by atoms with Gasteiger partial charge in [-0.25, -0.2) is 9.59 Å². The Morgan fingerprint density at radius 1 is 1.19 bits per heavy atom. The highest BCUT2D eigenvalue weighted by atomic mass is 16.5. The summed E-state index contributed by atoms with van der Waals surface area (Å²) in [5.74, 6) is -0.967. The number of urea groups is 1. The van der Waals surface area contributed by atoms with Crippen molar-refractivity contribution in [3.05, 3.63) is 29.8 Å². The molecular weight excluding hydrogens is 272 g/mol. The van der Waals surface area contributed by atoms with Gasteiger partial charge >= 0.3 is 12.0 Å². The standard InChI is InChI=1S/C15H18N2O4/c18-14(19)13-10-11-4-1-2-5-12(11)17(13)15(20)16-6-3-8-21-9-7-16/h1-2,4-5,13H,3,6-10H2,(H,18,19)/t13-/m0/s1. The van der Waals surface area contributed by atoms with E-state index >= 15 is 0 Å². The number of para-hydroxylation sites is 1. The molecule has 1 fully saturated rings. The van der Waals surface area contributed by atoms with Crippen LogP contribution in [0.5, 0.6) is 0 Å². The summed E-state index contributed by atoms with van der Waals surface area (Å²) in [6, 6.07) is 6.33. The maximum absolute atomic E-state index is 12.8. The fourth-order valence-corrected chi connectivity index (χ4v) is 2.91. The van der Waals surface area contributed by atoms with Crippen LogP contribution < -0.4 is 4.90 Å². The largest absolute Gasteiger partial charge is 0.480 e. The molecular formula is C15H18N2O4. The van der Waals surface area contributed by atoms with Crippen molar-refractivity contribution in [2.75, 3.05) is 31.2 Å². The maximum atomic E-state index is 12.8. The van der Waals surface area contributed by atoms with Gasteiger partial charge in [0.15, 0.2) is 0 Å². The quantitative estimate of drug-likeness (QED) is 0.847. The Morgan fingerprint density at radius 2 is 2.00 bits per heavy atom. The molecule has 0 aromatic heterocycles. The topological polar surface area (TPSA) is 70.1 Å². The van der Waals surface area contributed by atoms with Crippen molar-refractivity contribution < 1.29 is 19.4 Å². The van der Waals surface area contributed by atoms with E-state index in [1.54, 1.807) is 4.90 Å². The predicted octanol–water partition coefficient (Wildman–Crippen LogP) is 1.34. The van der Waals surface area contributed by atoms with Crippen LogP contribution in [0.3, 0.4) is 0 Å². The molecule has 112 valence electrons. The van der Waals surface area contributed by atoms with E-state index in [0.29, 0.717) is 38.4 Å². The molecule has 0 aliphatic carbocycles. The molecule has 21 heavy (non-hydrogen) atoms. The third-order valence-corrected chi connectivity index (χ3v) is 3.96. The lowest BCUT2D eigenvalue weighted by molar-refractivity contribution is -0.138. The first-order valence-corrected chi connectivity index (χ1v) is 7.15. The van der Waals surface area contributed by atoms with Crippen molar-refractivity contribution in [1.82, 2.24) is 4.90 Å². The van der Waals surface area contributed by atoms with Gasteiger partial charge in [0, 0.05) is 31.8 Å². The molecule has 6 heteroatoms. The molecule has 2 aliphatic heterocycles. The van der Waals surface area contributed by atoms with E-state index in [2.05, 4.69) is 0 Å². The van der Waals surface area contributed by atoms with Crippen LogP contribution in [-0.2, 0) is 16.0 Å². The number of nitrogens with zero attached hydrogens (tertiary/aromatic N) is 2. The normalized spacial score (nSPS) is 21.8. The number of amides is 2. The Hall–Kier alpha value is -2.08. The van der Waals surface area contributed by atoms with Crippen molar-refractivity contribution in [3.63, 3.8) is 0 Å². The molecule has 1 saturated heterocycles. The summed E-state index contributed by atoms with van der Waals surface area (Å²) in [6.45, 7) is 2.25. The Balaban J connectivity index is 1.89. The average Bonchev–Trinajstić information content (AvgIpc) is 2.67. The molecule has 0 saturated carbocycles. The lowest BCUT2D eigenvalue weighted by Gasteiger charge is -2.29. The molecule has 2 aliphatic rings. The van der Waals surface area contributed by atoms with Crippen molar-refractivity contribution in [2.45, 2.75) is 18.9 Å². The lowest BCUT2D eigenvalue weighted by Crippen LogP contribution is -2.50. The van der Waals surface area contributed by atoms with Crippen molar-refractivity contribution in [1.29, 1.82) is 0 Å². The summed E-state index contributed by atoms with van der Waals surface area (Å²) in [5, 5.41) is 9.42. The Labute approximate surface area is 122 Å². The number of anilines is 1. The van der Waals surface area contributed by atoms with Gasteiger partial charge in [-0.2, -0.15) is 0 Å². The molecule has 1 atom stereocenters. The zero-order valence-corrected chi connectivity index (χ0v) is 11.7. The predicted molar refractivity (Wildman–Crippen MR) is 76.5 cm³/mol. The van der Waals surface area contributed by atoms with Gasteiger partial charge in [0.2, 0.25) is 0 Å². The second-order valence-electron chi connectivity index (χ2n) is 5.29. The number of carboxylic acid groups (broad SMARTS) is 1. The summed E-state index contributed by atoms with van der Waals surface area (Å²) in [4.78, 5) is 27.4. The number of hydrogen-bond acceptors (Lipinski definition) is 3. The van der Waals surface area contributed by atoms with Crippen LogP contribution in [0.1, 0.15) is 12.0 Å². The van der Waals surface area contributed by atoms with Gasteiger partial charge in [-0.1, -0.05) is 18.2 Å². The Kier molecular flexibility index (Phi) is 3.79. The van der Waals surface area contributed by atoms with Gasteiger partial charge < -0.3 is 14.7 Å². The third kappa shape index (κ3) is 2.58. The molecule has 1 aromatic rings. The minimum atomic E-state index is -0.967. The number of hydrogen-bond donors (Lipinski definition) is 1. The molecule has 1 N–H and O–H groups in total. The SMILES string of the molecule is O=C(O)[C@@H]1Cc2ccccc2N1C(=O)N1CCCOCC1. The number of carboxylic acids is 1. The highest BCUT2D eigenvalue weighted by molar-refractivity contribution is 6.01. The van der Waals surface area contributed by atoms with E-state index in [-0.39, 0.29) is 6.03 Å². The summed E-state index contributed by atoms with van der Waals surface area (Å²) < 4.78 is 5.35. The second-order valence-corrected chi connectivity index (χ2v) is 5.29. The molecule has 3 rings (SSSR count). The summed E-state index contributed by atoms with van der Waals surface area (Å²) in [6.07, 6.45) is 1.14. The molecule has 1 aromatic carbocycles. The smallest absolute Gasteiger partial charge is 0.327 e. The van der Waals surface area contributed by atoms with Crippen LogP contribution in [0.4, 0.5) is 10.5 Å². The number of aliphatic carboxylic acids is 1. The highest BCUT2D eigenvalue weighted by Gasteiger charge is 2.40. The van der Waals surface area contributed by atoms with Crippen LogP contribution in [-0.4, -0.2) is 54.4 Å². The zero-order chi connectivity index (χ0) is 14.8. The average molecular weight is 290 g/mol. The minimum absolute atomic E-state index is 0.238. The van der Waals surface area contributed by atoms with E-state index in [4.69, 9.17) is 4.74 Å². The number of carbonyl (C=O) groups excluding carboxylic acids is 1. The third-order valence-electron chi connectivity index (χ3n) is 3.96. The number of ether oxygens (including phenoxy) is 1. The number of fused-ring (bicyclic) bond motifs is 1. The number of rotatable bonds is 1. The first kappa shape index (κ1) is 13.9. The number of carbonyl (C=O) groups is 2. The maximum Gasteiger partial charge on any atom is 0.327 e. The van der Waals surface area contributed by atoms with Crippen molar-refractivity contribution in [3.8, 4) is 0 Å². The highest BCUT2D eigenvalue weighted by Crippen LogP contribution is 2.33. The van der Waals surface area contributed by atoms with Crippen molar-refractivity contribution in [2.24, 2.45) is 0 Å². The first-order valence-electron chi connectivity index (χ1n) is 7.15. The van der Waals surface area contributed by atoms with Crippen LogP contribution in [0, 0.1) is 0 Å². The van der Waals surface area contributed by atoms with E-state index in [0.717, 1.165) is 12.0 Å². The Bertz CT molecular complexity index is 552. The molecule has 0 spiro atoms. The van der Waals surface area contributed by atoms with Gasteiger partial charge in [-0.05, 0) is 18.1 Å². The van der Waals surface area contributed by atoms with Crippen LogP contribution in [0.15, 0.2) is 24.3 Å². The van der Waals surface area contributed by atoms with Gasteiger partial charge in [-0.3, -0.25) is 4.90 Å². The van der Waals surface area contributed by atoms with Crippen LogP contribution in [0.2, 0.25) is 0 Å². The summed E-state index contributed by atoms with van der Waals surface area (Å²) in [7, 11) is 0. The van der Waals surface area contributed by atoms with Gasteiger partial charge in [0.05, 0.1) is 6.61 Å². The molecule has 2 amide bonds. The van der Waals surface area contributed by atoms with Gasteiger partial charge in [0.1, 0.15) is 6.04 Å². The van der Waals surface area contributed by atoms with Gasteiger partial charge in [-0.15, -0.1) is 0 Å². The Morgan fingerprint density at radius 3 is 2.81 bits per heavy atom. The van der Waals surface area contributed by atoms with E-state index < -0.39 is 12.0 Å². The molecule has 0 bridgehead atoms. The molecule has 0 radical (unpaired) electrons. The van der Waals surface area contributed by atoms with E-state index in [1.165, 1.54) is 4.90 Å². The van der Waals surface area contributed by atoms with Crippen LogP contribution in [0.25, 0.3) is 0 Å². The summed E-state index contributed by atoms with van der Waals surface area (Å²) >= 11 is 0. The zero-order valence-electron chi connectivity index (χ0n) is 11.7. The fraction of sp³-hybridized carbons (Fsp3) is 0.467. The molecule has 0 unspecified atom stereocenters. The summed E-state index contributed by atoms with van der Waals surface area (Å²) in [5.41, 5.74) is 1.62. The monoisotopic (exact) mass is 290 g/mol. The lowest BCUT2D eigenvalue weighted by atomic mass is 10.1. The molecule has 6 nitrogen and oxygen atoms in total. The van der Waals surface area contributed by atoms with Crippen molar-refractivity contribution >= 4 is 17.7 Å². The first-order chi connectivity index (χ1) is 10.2. The van der Waals surface area contributed by atoms with E-state index in [1.807, 2.05) is 24.3 Å².